The zero-order valence-electron chi connectivity index (χ0n) is 8.90. The topological polar surface area (TPSA) is 12.0 Å². The summed E-state index contributed by atoms with van der Waals surface area (Å²) in [7, 11) is 0. The highest BCUT2D eigenvalue weighted by atomic mass is 14.9. The summed E-state index contributed by atoms with van der Waals surface area (Å²) >= 11 is 0. The Morgan fingerprint density at radius 2 is 2.08 bits per heavy atom. The minimum absolute atomic E-state index is 0.696. The predicted molar refractivity (Wildman–Crippen MR) is 57.5 cm³/mol. The van der Waals surface area contributed by atoms with Crippen LogP contribution in [0.15, 0.2) is 0 Å². The van der Waals surface area contributed by atoms with Crippen LogP contribution in [0.5, 0.6) is 0 Å². The van der Waals surface area contributed by atoms with Gasteiger partial charge in [-0.1, -0.05) is 12.8 Å². The second kappa shape index (κ2) is 6.05. The standard InChI is InChI=1S/C12H21N/c1-3-4-7-10-13-11(2)12-8-5-6-9-12/h11-13H,5-10H2,1-2H3. The monoisotopic (exact) mass is 179 g/mol. The van der Waals surface area contributed by atoms with Crippen molar-refractivity contribution >= 4 is 0 Å². The molecule has 1 nitrogen and oxygen atoms in total. The maximum absolute atomic E-state index is 3.56. The van der Waals surface area contributed by atoms with Crippen LogP contribution in [0.25, 0.3) is 0 Å². The van der Waals surface area contributed by atoms with Gasteiger partial charge in [-0.15, -0.1) is 11.8 Å². The van der Waals surface area contributed by atoms with Gasteiger partial charge in [0, 0.05) is 19.0 Å². The quantitative estimate of drug-likeness (QED) is 0.516. The van der Waals surface area contributed by atoms with E-state index in [4.69, 9.17) is 0 Å². The van der Waals surface area contributed by atoms with Gasteiger partial charge in [0.2, 0.25) is 0 Å². The molecule has 1 aliphatic carbocycles. The molecule has 1 fully saturated rings. The molecule has 13 heavy (non-hydrogen) atoms. The largest absolute Gasteiger partial charge is 0.313 e. The highest BCUT2D eigenvalue weighted by molar-refractivity contribution is 4.95. The molecule has 1 heteroatoms. The summed E-state index contributed by atoms with van der Waals surface area (Å²) in [5, 5.41) is 3.56. The molecule has 0 spiro atoms. The van der Waals surface area contributed by atoms with E-state index in [0.717, 1.165) is 18.9 Å². The van der Waals surface area contributed by atoms with Crippen molar-refractivity contribution in [1.82, 2.24) is 5.32 Å². The van der Waals surface area contributed by atoms with Crippen molar-refractivity contribution < 1.29 is 0 Å². The van der Waals surface area contributed by atoms with Gasteiger partial charge in [0.25, 0.3) is 0 Å². The van der Waals surface area contributed by atoms with Gasteiger partial charge in [0.05, 0.1) is 0 Å². The first-order valence-corrected chi connectivity index (χ1v) is 5.47. The lowest BCUT2D eigenvalue weighted by molar-refractivity contribution is 0.385. The average molecular weight is 179 g/mol. The summed E-state index contributed by atoms with van der Waals surface area (Å²) in [6, 6.07) is 0.696. The lowest BCUT2D eigenvalue weighted by atomic mass is 10.00. The minimum Gasteiger partial charge on any atom is -0.313 e. The van der Waals surface area contributed by atoms with Crippen LogP contribution < -0.4 is 5.32 Å². The van der Waals surface area contributed by atoms with Crippen LogP contribution in [0.3, 0.4) is 0 Å². The summed E-state index contributed by atoms with van der Waals surface area (Å²) in [6.07, 6.45) is 6.71. The number of rotatable bonds is 4. The zero-order valence-corrected chi connectivity index (χ0v) is 8.90. The lowest BCUT2D eigenvalue weighted by Crippen LogP contribution is -2.32. The van der Waals surface area contributed by atoms with Crippen LogP contribution >= 0.6 is 0 Å². The highest BCUT2D eigenvalue weighted by Crippen LogP contribution is 2.27. The Hall–Kier alpha value is -0.480. The zero-order chi connectivity index (χ0) is 9.52. The SMILES string of the molecule is CC#CCCNC(C)C1CCCC1. The summed E-state index contributed by atoms with van der Waals surface area (Å²) in [5.74, 6) is 6.93. The van der Waals surface area contributed by atoms with E-state index in [1.54, 1.807) is 0 Å². The summed E-state index contributed by atoms with van der Waals surface area (Å²) in [6.45, 7) is 5.27. The predicted octanol–water partition coefficient (Wildman–Crippen LogP) is 2.57. The third-order valence-electron chi connectivity index (χ3n) is 3.00. The summed E-state index contributed by atoms with van der Waals surface area (Å²) in [5.41, 5.74) is 0. The Labute approximate surface area is 82.3 Å². The Bertz CT molecular complexity index is 181. The number of nitrogens with one attached hydrogen (secondary N) is 1. The van der Waals surface area contributed by atoms with Crippen molar-refractivity contribution in [2.45, 2.75) is 52.0 Å². The molecular formula is C12H21N. The minimum atomic E-state index is 0.696. The van der Waals surface area contributed by atoms with Gasteiger partial charge in [0.1, 0.15) is 0 Å². The van der Waals surface area contributed by atoms with E-state index in [9.17, 15) is 0 Å². The Morgan fingerprint density at radius 1 is 1.38 bits per heavy atom. The normalized spacial score (nSPS) is 19.5. The Kier molecular flexibility index (Phi) is 4.93. The van der Waals surface area contributed by atoms with E-state index in [1.807, 2.05) is 6.92 Å². The van der Waals surface area contributed by atoms with Crippen LogP contribution in [0.2, 0.25) is 0 Å². The third-order valence-corrected chi connectivity index (χ3v) is 3.00. The van der Waals surface area contributed by atoms with E-state index in [-0.39, 0.29) is 0 Å². The second-order valence-electron chi connectivity index (χ2n) is 3.96. The fourth-order valence-corrected chi connectivity index (χ4v) is 2.11. The van der Waals surface area contributed by atoms with E-state index in [2.05, 4.69) is 24.1 Å². The van der Waals surface area contributed by atoms with Crippen LogP contribution in [-0.4, -0.2) is 12.6 Å². The van der Waals surface area contributed by atoms with E-state index in [0.29, 0.717) is 6.04 Å². The van der Waals surface area contributed by atoms with Gasteiger partial charge in [-0.25, -0.2) is 0 Å². The molecule has 0 bridgehead atoms. The molecule has 0 saturated heterocycles. The Morgan fingerprint density at radius 3 is 2.69 bits per heavy atom. The van der Waals surface area contributed by atoms with Gasteiger partial charge in [-0.2, -0.15) is 0 Å². The van der Waals surface area contributed by atoms with E-state index < -0.39 is 0 Å². The smallest absolute Gasteiger partial charge is 0.0214 e. The third kappa shape index (κ3) is 3.83. The molecule has 1 atom stereocenters. The van der Waals surface area contributed by atoms with Crippen LogP contribution in [-0.2, 0) is 0 Å². The summed E-state index contributed by atoms with van der Waals surface area (Å²) < 4.78 is 0. The Balaban J connectivity index is 2.08. The molecule has 1 N–H and O–H groups in total. The summed E-state index contributed by atoms with van der Waals surface area (Å²) in [4.78, 5) is 0. The molecule has 0 aromatic heterocycles. The fraction of sp³-hybridized carbons (Fsp3) is 0.833. The van der Waals surface area contributed by atoms with Gasteiger partial charge in [-0.05, 0) is 32.6 Å². The molecule has 1 unspecified atom stereocenters. The van der Waals surface area contributed by atoms with Crippen LogP contribution in [0, 0.1) is 17.8 Å². The highest BCUT2D eigenvalue weighted by Gasteiger charge is 2.20. The van der Waals surface area contributed by atoms with Gasteiger partial charge < -0.3 is 5.32 Å². The van der Waals surface area contributed by atoms with Gasteiger partial charge >= 0.3 is 0 Å². The first-order valence-electron chi connectivity index (χ1n) is 5.47. The van der Waals surface area contributed by atoms with E-state index >= 15 is 0 Å². The molecule has 0 aromatic carbocycles. The number of hydrogen-bond acceptors (Lipinski definition) is 1. The van der Waals surface area contributed by atoms with Crippen molar-refractivity contribution in [2.24, 2.45) is 5.92 Å². The molecule has 1 aliphatic rings. The van der Waals surface area contributed by atoms with Crippen molar-refractivity contribution in [3.63, 3.8) is 0 Å². The maximum Gasteiger partial charge on any atom is 0.0214 e. The van der Waals surface area contributed by atoms with Crippen molar-refractivity contribution in [2.75, 3.05) is 6.54 Å². The van der Waals surface area contributed by atoms with Crippen molar-refractivity contribution in [3.8, 4) is 11.8 Å². The van der Waals surface area contributed by atoms with E-state index in [1.165, 1.54) is 25.7 Å². The number of hydrogen-bond donors (Lipinski definition) is 1. The first kappa shape index (κ1) is 10.6. The van der Waals surface area contributed by atoms with Crippen LogP contribution in [0.4, 0.5) is 0 Å². The van der Waals surface area contributed by atoms with Crippen molar-refractivity contribution in [3.05, 3.63) is 0 Å². The average Bonchev–Trinajstić information content (AvgIpc) is 2.65. The first-order chi connectivity index (χ1) is 6.34. The molecule has 0 amide bonds. The molecule has 0 heterocycles. The van der Waals surface area contributed by atoms with Crippen molar-refractivity contribution in [1.29, 1.82) is 0 Å². The molecule has 0 radical (unpaired) electrons. The van der Waals surface area contributed by atoms with Crippen LogP contribution in [0.1, 0.15) is 46.0 Å². The maximum atomic E-state index is 3.56. The molecule has 0 aromatic rings. The molecular weight excluding hydrogens is 158 g/mol. The lowest BCUT2D eigenvalue weighted by Gasteiger charge is -2.19. The molecule has 74 valence electrons. The second-order valence-corrected chi connectivity index (χ2v) is 3.96. The fourth-order valence-electron chi connectivity index (χ4n) is 2.11. The van der Waals surface area contributed by atoms with Gasteiger partial charge in [-0.3, -0.25) is 0 Å². The molecule has 0 aliphatic heterocycles. The molecule has 1 rings (SSSR count). The van der Waals surface area contributed by atoms with Gasteiger partial charge in [0.15, 0.2) is 0 Å². The molecule has 1 saturated carbocycles.